The Labute approximate surface area is 171 Å². The Morgan fingerprint density at radius 1 is 1.18 bits per heavy atom. The van der Waals surface area contributed by atoms with Crippen molar-refractivity contribution in [1.29, 1.82) is 0 Å². The second kappa shape index (κ2) is 8.13. The van der Waals surface area contributed by atoms with Crippen LogP contribution in [0.15, 0.2) is 36.4 Å². The van der Waals surface area contributed by atoms with E-state index < -0.39 is 10.0 Å². The molecule has 0 spiro atoms. The fourth-order valence-electron chi connectivity index (χ4n) is 3.64. The fourth-order valence-corrected chi connectivity index (χ4v) is 4.78. The van der Waals surface area contributed by atoms with Crippen molar-refractivity contribution in [3.05, 3.63) is 63.7 Å². The molecule has 1 atom stereocenters. The van der Waals surface area contributed by atoms with Gasteiger partial charge in [0.15, 0.2) is 0 Å². The maximum Gasteiger partial charge on any atom is 0.241 e. The summed E-state index contributed by atoms with van der Waals surface area (Å²) in [6.07, 6.45) is 4.45. The molecule has 1 aliphatic carbocycles. The van der Waals surface area contributed by atoms with Crippen LogP contribution in [0.5, 0.6) is 0 Å². The third-order valence-electron chi connectivity index (χ3n) is 5.12. The Kier molecular flexibility index (Phi) is 6.01. The standard InChI is InChI=1S/C21H25ClN2O3S/c1-14-11-19(22)9-10-20(14)24(28(3,26)27)13-21(25)23-15(2)17-8-7-16-5-4-6-18(16)12-17/h7-12,15H,4-6,13H2,1-3H3,(H,23,25)/t15-/m0/s1. The Morgan fingerprint density at radius 3 is 2.57 bits per heavy atom. The summed E-state index contributed by atoms with van der Waals surface area (Å²) in [5.41, 5.74) is 4.89. The number of nitrogens with one attached hydrogen (secondary N) is 1. The molecule has 0 fully saturated rings. The number of rotatable bonds is 6. The predicted octanol–water partition coefficient (Wildman–Crippen LogP) is 3.78. The van der Waals surface area contributed by atoms with Crippen LogP contribution in [0.2, 0.25) is 5.02 Å². The predicted molar refractivity (Wildman–Crippen MR) is 113 cm³/mol. The zero-order valence-corrected chi connectivity index (χ0v) is 17.9. The SMILES string of the molecule is Cc1cc(Cl)ccc1N(CC(=O)N[C@@H](C)c1ccc2c(c1)CCC2)S(C)(=O)=O. The molecule has 2 aromatic rings. The number of hydrogen-bond donors (Lipinski definition) is 1. The van der Waals surface area contributed by atoms with E-state index in [1.807, 2.05) is 13.0 Å². The Balaban J connectivity index is 1.75. The van der Waals surface area contributed by atoms with Crippen LogP contribution in [0, 0.1) is 6.92 Å². The van der Waals surface area contributed by atoms with E-state index >= 15 is 0 Å². The van der Waals surface area contributed by atoms with E-state index in [2.05, 4.69) is 17.4 Å². The van der Waals surface area contributed by atoms with Crippen LogP contribution in [0.4, 0.5) is 5.69 Å². The second-order valence-corrected chi connectivity index (χ2v) is 9.71. The highest BCUT2D eigenvalue weighted by molar-refractivity contribution is 7.92. The lowest BCUT2D eigenvalue weighted by Gasteiger charge is -2.25. The number of nitrogens with zero attached hydrogens (tertiary/aromatic N) is 1. The molecule has 0 unspecified atom stereocenters. The first-order valence-electron chi connectivity index (χ1n) is 9.30. The lowest BCUT2D eigenvalue weighted by molar-refractivity contribution is -0.120. The Hall–Kier alpha value is -2.05. The van der Waals surface area contributed by atoms with Crippen LogP contribution >= 0.6 is 11.6 Å². The van der Waals surface area contributed by atoms with Gasteiger partial charge in [0, 0.05) is 5.02 Å². The topological polar surface area (TPSA) is 66.5 Å². The molecule has 1 N–H and O–H groups in total. The quantitative estimate of drug-likeness (QED) is 0.773. The molecule has 0 heterocycles. The summed E-state index contributed by atoms with van der Waals surface area (Å²) in [7, 11) is -3.63. The van der Waals surface area contributed by atoms with Gasteiger partial charge in [0.2, 0.25) is 15.9 Å². The van der Waals surface area contributed by atoms with Crippen molar-refractivity contribution in [3.63, 3.8) is 0 Å². The maximum absolute atomic E-state index is 12.6. The van der Waals surface area contributed by atoms with E-state index in [1.165, 1.54) is 17.5 Å². The van der Waals surface area contributed by atoms with Crippen LogP contribution in [-0.2, 0) is 27.7 Å². The normalized spacial score (nSPS) is 14.4. The van der Waals surface area contributed by atoms with Crippen LogP contribution < -0.4 is 9.62 Å². The average Bonchev–Trinajstić information content (AvgIpc) is 3.07. The number of sulfonamides is 1. The minimum absolute atomic E-state index is 0.203. The van der Waals surface area contributed by atoms with Crippen molar-refractivity contribution in [2.75, 3.05) is 17.1 Å². The molecule has 0 aromatic heterocycles. The van der Waals surface area contributed by atoms with E-state index in [0.29, 0.717) is 16.3 Å². The number of carbonyl (C=O) groups excluding carboxylic acids is 1. The number of hydrogen-bond acceptors (Lipinski definition) is 3. The van der Waals surface area contributed by atoms with Crippen molar-refractivity contribution in [3.8, 4) is 0 Å². The number of benzene rings is 2. The highest BCUT2D eigenvalue weighted by atomic mass is 35.5. The number of fused-ring (bicyclic) bond motifs is 1. The molecule has 0 bridgehead atoms. The molecule has 7 heteroatoms. The van der Waals surface area contributed by atoms with Gasteiger partial charge < -0.3 is 5.32 Å². The first-order chi connectivity index (χ1) is 13.1. The molecule has 150 valence electrons. The summed E-state index contributed by atoms with van der Waals surface area (Å²) in [5.74, 6) is -0.354. The zero-order chi connectivity index (χ0) is 20.5. The minimum atomic E-state index is -3.63. The molecule has 1 aliphatic rings. The van der Waals surface area contributed by atoms with Gasteiger partial charge in [-0.25, -0.2) is 8.42 Å². The number of halogens is 1. The third kappa shape index (κ3) is 4.67. The number of aryl methyl sites for hydroxylation is 3. The highest BCUT2D eigenvalue weighted by Gasteiger charge is 2.23. The van der Waals surface area contributed by atoms with Gasteiger partial charge in [-0.15, -0.1) is 0 Å². The molecule has 0 radical (unpaired) electrons. The van der Waals surface area contributed by atoms with Gasteiger partial charge in [0.05, 0.1) is 18.0 Å². The van der Waals surface area contributed by atoms with Gasteiger partial charge in [-0.05, 0) is 73.6 Å². The van der Waals surface area contributed by atoms with E-state index in [1.54, 1.807) is 25.1 Å². The molecule has 5 nitrogen and oxygen atoms in total. The van der Waals surface area contributed by atoms with Crippen LogP contribution in [0.1, 0.15) is 41.6 Å². The minimum Gasteiger partial charge on any atom is -0.348 e. The number of carbonyl (C=O) groups is 1. The second-order valence-electron chi connectivity index (χ2n) is 7.37. The van der Waals surface area contributed by atoms with Gasteiger partial charge in [0.1, 0.15) is 6.54 Å². The molecule has 3 rings (SSSR count). The molecule has 0 aliphatic heterocycles. The summed E-state index contributed by atoms with van der Waals surface area (Å²) in [6.45, 7) is 3.40. The van der Waals surface area contributed by atoms with E-state index in [9.17, 15) is 13.2 Å². The molecular weight excluding hydrogens is 396 g/mol. The Bertz CT molecular complexity index is 1000. The largest absolute Gasteiger partial charge is 0.348 e. The molecule has 1 amide bonds. The maximum atomic E-state index is 12.6. The molecular formula is C21H25ClN2O3S. The summed E-state index contributed by atoms with van der Waals surface area (Å²) >= 11 is 5.97. The van der Waals surface area contributed by atoms with E-state index in [-0.39, 0.29) is 18.5 Å². The highest BCUT2D eigenvalue weighted by Crippen LogP contribution is 2.27. The summed E-state index contributed by atoms with van der Waals surface area (Å²) in [4.78, 5) is 12.6. The van der Waals surface area contributed by atoms with Crippen molar-refractivity contribution in [2.45, 2.75) is 39.2 Å². The smallest absolute Gasteiger partial charge is 0.241 e. The number of anilines is 1. The van der Waals surface area contributed by atoms with Crippen LogP contribution in [0.3, 0.4) is 0 Å². The third-order valence-corrected chi connectivity index (χ3v) is 6.48. The van der Waals surface area contributed by atoms with Crippen molar-refractivity contribution >= 4 is 33.2 Å². The van der Waals surface area contributed by atoms with Crippen molar-refractivity contribution < 1.29 is 13.2 Å². The van der Waals surface area contributed by atoms with Crippen molar-refractivity contribution in [2.24, 2.45) is 0 Å². The van der Waals surface area contributed by atoms with Gasteiger partial charge >= 0.3 is 0 Å². The molecule has 2 aromatic carbocycles. The average molecular weight is 421 g/mol. The number of amides is 1. The lowest BCUT2D eigenvalue weighted by Crippen LogP contribution is -2.41. The van der Waals surface area contributed by atoms with Crippen LogP contribution in [0.25, 0.3) is 0 Å². The van der Waals surface area contributed by atoms with Crippen LogP contribution in [-0.4, -0.2) is 27.1 Å². The summed E-state index contributed by atoms with van der Waals surface area (Å²) in [5, 5.41) is 3.44. The van der Waals surface area contributed by atoms with Gasteiger partial charge in [0.25, 0.3) is 0 Å². The molecule has 28 heavy (non-hydrogen) atoms. The fraction of sp³-hybridized carbons (Fsp3) is 0.381. The monoisotopic (exact) mass is 420 g/mol. The molecule has 0 saturated heterocycles. The first kappa shape index (κ1) is 20.7. The Morgan fingerprint density at radius 2 is 1.89 bits per heavy atom. The van der Waals surface area contributed by atoms with Crippen molar-refractivity contribution in [1.82, 2.24) is 5.32 Å². The summed E-state index contributed by atoms with van der Waals surface area (Å²) in [6, 6.07) is 11.0. The van der Waals surface area contributed by atoms with E-state index in [4.69, 9.17) is 11.6 Å². The molecule has 0 saturated carbocycles. The van der Waals surface area contributed by atoms with Gasteiger partial charge in [-0.2, -0.15) is 0 Å². The first-order valence-corrected chi connectivity index (χ1v) is 11.5. The summed E-state index contributed by atoms with van der Waals surface area (Å²) < 4.78 is 25.7. The van der Waals surface area contributed by atoms with Gasteiger partial charge in [-0.1, -0.05) is 29.8 Å². The van der Waals surface area contributed by atoms with Gasteiger partial charge in [-0.3, -0.25) is 9.10 Å². The lowest BCUT2D eigenvalue weighted by atomic mass is 10.0. The zero-order valence-electron chi connectivity index (χ0n) is 16.3. The van der Waals surface area contributed by atoms with E-state index in [0.717, 1.165) is 29.0 Å².